The summed E-state index contributed by atoms with van der Waals surface area (Å²) in [6, 6.07) is 17.5. The van der Waals surface area contributed by atoms with E-state index in [2.05, 4.69) is 4.74 Å². The first-order valence-corrected chi connectivity index (χ1v) is 11.2. The highest BCUT2D eigenvalue weighted by Gasteiger charge is 2.38. The minimum Gasteiger partial charge on any atom is -0.497 e. The number of Topliss-reactive ketones (excluding diaryl/α,β-unsaturated/α-hetero) is 1. The average Bonchev–Trinajstić information content (AvgIpc) is 3.22. The van der Waals surface area contributed by atoms with Crippen molar-refractivity contribution in [1.29, 1.82) is 0 Å². The number of hydrogen-bond acceptors (Lipinski definition) is 8. The monoisotopic (exact) mass is 486 g/mol. The SMILES string of the molecule is COC(=O)COc1cccc(C2CC(=O)Oc3ccc4c(c32)OC(=Cc2ccc(OC)cc2)C4=O)c1. The summed E-state index contributed by atoms with van der Waals surface area (Å²) in [7, 11) is 2.87. The van der Waals surface area contributed by atoms with Gasteiger partial charge in [-0.3, -0.25) is 9.59 Å². The van der Waals surface area contributed by atoms with Gasteiger partial charge in [-0.05, 0) is 53.6 Å². The Bertz CT molecular complexity index is 1390. The summed E-state index contributed by atoms with van der Waals surface area (Å²) in [5.41, 5.74) is 2.55. The molecule has 1 atom stereocenters. The van der Waals surface area contributed by atoms with E-state index < -0.39 is 17.9 Å². The number of carbonyl (C=O) groups is 3. The van der Waals surface area contributed by atoms with Gasteiger partial charge in [-0.25, -0.2) is 4.79 Å². The second kappa shape index (κ2) is 9.58. The lowest BCUT2D eigenvalue weighted by Gasteiger charge is -2.26. The highest BCUT2D eigenvalue weighted by molar-refractivity contribution is 6.15. The van der Waals surface area contributed by atoms with Crippen LogP contribution in [0.5, 0.6) is 23.0 Å². The summed E-state index contributed by atoms with van der Waals surface area (Å²) < 4.78 is 26.9. The highest BCUT2D eigenvalue weighted by atomic mass is 16.6. The molecular weight excluding hydrogens is 464 g/mol. The van der Waals surface area contributed by atoms with E-state index in [0.29, 0.717) is 34.1 Å². The number of allylic oxidation sites excluding steroid dienone is 1. The molecule has 8 heteroatoms. The van der Waals surface area contributed by atoms with Crippen molar-refractivity contribution in [3.63, 3.8) is 0 Å². The standard InChI is InChI=1S/C28H22O8/c1-32-18-8-6-16(7-9-18)12-23-27(31)20-10-11-22-26(28(20)36-23)21(14-24(29)35-22)17-4-3-5-19(13-17)34-15-25(30)33-2/h3-13,21H,14-15H2,1-2H3. The molecule has 8 nitrogen and oxygen atoms in total. The lowest BCUT2D eigenvalue weighted by molar-refractivity contribution is -0.143. The minimum atomic E-state index is -0.507. The molecule has 3 aromatic rings. The van der Waals surface area contributed by atoms with E-state index in [1.807, 2.05) is 18.2 Å². The predicted octanol–water partition coefficient (Wildman–Crippen LogP) is 4.30. The maximum absolute atomic E-state index is 13.2. The van der Waals surface area contributed by atoms with Crippen LogP contribution in [0.4, 0.5) is 0 Å². The van der Waals surface area contributed by atoms with Gasteiger partial charge in [0.2, 0.25) is 5.78 Å². The maximum atomic E-state index is 13.2. The van der Waals surface area contributed by atoms with Crippen molar-refractivity contribution in [1.82, 2.24) is 0 Å². The molecule has 2 aliphatic heterocycles. The first-order valence-electron chi connectivity index (χ1n) is 11.2. The molecule has 0 fully saturated rings. The van der Waals surface area contributed by atoms with Crippen LogP contribution in [0.2, 0.25) is 0 Å². The fourth-order valence-electron chi connectivity index (χ4n) is 4.26. The van der Waals surface area contributed by atoms with Crippen molar-refractivity contribution in [3.05, 3.63) is 88.7 Å². The zero-order valence-electron chi connectivity index (χ0n) is 19.6. The number of hydrogen-bond donors (Lipinski definition) is 0. The normalized spacial score (nSPS) is 17.1. The quantitative estimate of drug-likeness (QED) is 0.289. The van der Waals surface area contributed by atoms with Gasteiger partial charge in [-0.15, -0.1) is 0 Å². The molecule has 0 N–H and O–H groups in total. The van der Waals surface area contributed by atoms with E-state index in [-0.39, 0.29) is 24.6 Å². The predicted molar refractivity (Wildman–Crippen MR) is 128 cm³/mol. The number of methoxy groups -OCH3 is 2. The molecule has 0 spiro atoms. The van der Waals surface area contributed by atoms with E-state index in [1.54, 1.807) is 55.7 Å². The molecule has 0 aromatic heterocycles. The van der Waals surface area contributed by atoms with Gasteiger partial charge in [0.15, 0.2) is 12.4 Å². The van der Waals surface area contributed by atoms with E-state index in [9.17, 15) is 14.4 Å². The zero-order chi connectivity index (χ0) is 25.2. The number of fused-ring (bicyclic) bond motifs is 3. The van der Waals surface area contributed by atoms with Gasteiger partial charge in [0.1, 0.15) is 23.0 Å². The smallest absolute Gasteiger partial charge is 0.343 e. The van der Waals surface area contributed by atoms with Crippen molar-refractivity contribution in [2.24, 2.45) is 0 Å². The summed E-state index contributed by atoms with van der Waals surface area (Å²) in [5.74, 6) is 0.443. The molecule has 0 amide bonds. The van der Waals surface area contributed by atoms with Crippen LogP contribution < -0.4 is 18.9 Å². The molecule has 0 aliphatic carbocycles. The Hall–Kier alpha value is -4.59. The van der Waals surface area contributed by atoms with Gasteiger partial charge < -0.3 is 23.7 Å². The molecule has 182 valence electrons. The van der Waals surface area contributed by atoms with Crippen LogP contribution in [0.3, 0.4) is 0 Å². The molecule has 0 bridgehead atoms. The molecule has 2 heterocycles. The van der Waals surface area contributed by atoms with Crippen LogP contribution in [0.25, 0.3) is 6.08 Å². The summed E-state index contributed by atoms with van der Waals surface area (Å²) in [5, 5.41) is 0. The van der Waals surface area contributed by atoms with Crippen molar-refractivity contribution in [2.45, 2.75) is 12.3 Å². The average molecular weight is 486 g/mol. The third-order valence-electron chi connectivity index (χ3n) is 6.04. The molecule has 0 saturated carbocycles. The molecule has 3 aromatic carbocycles. The maximum Gasteiger partial charge on any atom is 0.343 e. The molecule has 36 heavy (non-hydrogen) atoms. The van der Waals surface area contributed by atoms with Crippen LogP contribution >= 0.6 is 0 Å². The molecule has 1 unspecified atom stereocenters. The first kappa shape index (κ1) is 23.2. The van der Waals surface area contributed by atoms with Crippen LogP contribution in [-0.2, 0) is 14.3 Å². The van der Waals surface area contributed by atoms with Crippen LogP contribution in [0, 0.1) is 0 Å². The topological polar surface area (TPSA) is 97.4 Å². The van der Waals surface area contributed by atoms with Gasteiger partial charge >= 0.3 is 11.9 Å². The van der Waals surface area contributed by atoms with Gasteiger partial charge in [0.25, 0.3) is 0 Å². The van der Waals surface area contributed by atoms with E-state index in [1.165, 1.54) is 7.11 Å². The van der Waals surface area contributed by atoms with E-state index in [0.717, 1.165) is 11.1 Å². The lowest BCUT2D eigenvalue weighted by Crippen LogP contribution is -2.21. The molecule has 2 aliphatic rings. The number of ketones is 1. The lowest BCUT2D eigenvalue weighted by atomic mass is 9.84. The number of esters is 2. The number of rotatable bonds is 6. The fourth-order valence-corrected chi connectivity index (χ4v) is 4.26. The number of carbonyl (C=O) groups excluding carboxylic acids is 3. The highest BCUT2D eigenvalue weighted by Crippen LogP contribution is 2.49. The fraction of sp³-hybridized carbons (Fsp3) is 0.179. The summed E-state index contributed by atoms with van der Waals surface area (Å²) in [6.07, 6.45) is 1.72. The van der Waals surface area contributed by atoms with Gasteiger partial charge in [-0.2, -0.15) is 0 Å². The third kappa shape index (κ3) is 4.40. The summed E-state index contributed by atoms with van der Waals surface area (Å²) in [4.78, 5) is 37.0. The molecule has 0 radical (unpaired) electrons. The van der Waals surface area contributed by atoms with Crippen LogP contribution in [-0.4, -0.2) is 38.5 Å². The van der Waals surface area contributed by atoms with Crippen molar-refractivity contribution < 1.29 is 38.1 Å². The molecule has 5 rings (SSSR count). The Morgan fingerprint density at radius 3 is 2.56 bits per heavy atom. The zero-order valence-corrected chi connectivity index (χ0v) is 19.6. The Balaban J connectivity index is 1.51. The van der Waals surface area contributed by atoms with Gasteiger partial charge in [0.05, 0.1) is 26.2 Å². The largest absolute Gasteiger partial charge is 0.497 e. The van der Waals surface area contributed by atoms with Crippen molar-refractivity contribution in [2.75, 3.05) is 20.8 Å². The van der Waals surface area contributed by atoms with Crippen LogP contribution in [0.15, 0.2) is 66.4 Å². The second-order valence-electron chi connectivity index (χ2n) is 8.24. The minimum absolute atomic E-state index is 0.0545. The summed E-state index contributed by atoms with van der Waals surface area (Å²) >= 11 is 0. The van der Waals surface area contributed by atoms with E-state index >= 15 is 0 Å². The second-order valence-corrected chi connectivity index (χ2v) is 8.24. The van der Waals surface area contributed by atoms with Gasteiger partial charge in [-0.1, -0.05) is 24.3 Å². The Morgan fingerprint density at radius 2 is 1.81 bits per heavy atom. The first-order chi connectivity index (χ1) is 17.5. The van der Waals surface area contributed by atoms with E-state index in [4.69, 9.17) is 18.9 Å². The number of benzene rings is 3. The van der Waals surface area contributed by atoms with Gasteiger partial charge in [0, 0.05) is 11.5 Å². The number of ether oxygens (including phenoxy) is 5. The van der Waals surface area contributed by atoms with Crippen molar-refractivity contribution >= 4 is 23.8 Å². The van der Waals surface area contributed by atoms with Crippen LogP contribution in [0.1, 0.15) is 39.4 Å². The Kier molecular flexibility index (Phi) is 6.16. The summed E-state index contributed by atoms with van der Waals surface area (Å²) in [6.45, 7) is -0.240. The molecular formula is C28H22O8. The molecule has 0 saturated heterocycles. The Labute approximate surface area is 207 Å². The Morgan fingerprint density at radius 1 is 1.00 bits per heavy atom. The van der Waals surface area contributed by atoms with Crippen molar-refractivity contribution in [3.8, 4) is 23.0 Å². The third-order valence-corrected chi connectivity index (χ3v) is 6.04.